The fourth-order valence-electron chi connectivity index (χ4n) is 1.61. The van der Waals surface area contributed by atoms with Crippen LogP contribution in [0.4, 0.5) is 0 Å². The first-order valence-electron chi connectivity index (χ1n) is 5.24. The summed E-state index contributed by atoms with van der Waals surface area (Å²) in [7, 11) is 0. The van der Waals surface area contributed by atoms with Crippen molar-refractivity contribution in [2.75, 3.05) is 0 Å². The molecule has 1 aromatic carbocycles. The number of nitroso groups, excluding NO2 is 1. The van der Waals surface area contributed by atoms with Gasteiger partial charge in [0.25, 0.3) is 0 Å². The summed E-state index contributed by atoms with van der Waals surface area (Å²) in [5.74, 6) is -0.376. The molecule has 2 rings (SSSR count). The van der Waals surface area contributed by atoms with E-state index < -0.39 is 6.04 Å². The number of pyridine rings is 1. The van der Waals surface area contributed by atoms with Crippen LogP contribution in [-0.2, 0) is 0 Å². The summed E-state index contributed by atoms with van der Waals surface area (Å²) in [5, 5.41) is 3.34. The third kappa shape index (κ3) is 2.60. The quantitative estimate of drug-likeness (QED) is 0.625. The van der Waals surface area contributed by atoms with Gasteiger partial charge >= 0.3 is 0 Å². The van der Waals surface area contributed by atoms with Crippen molar-refractivity contribution in [3.63, 3.8) is 0 Å². The number of halogens is 1. The molecule has 2 aromatic rings. The molecular weight excluding hydrogens is 252 g/mol. The Hall–Kier alpha value is -2.07. The van der Waals surface area contributed by atoms with E-state index in [1.165, 1.54) is 18.5 Å². The average molecular weight is 261 g/mol. The Morgan fingerprint density at radius 3 is 2.56 bits per heavy atom. The van der Waals surface area contributed by atoms with Gasteiger partial charge in [0.15, 0.2) is 11.8 Å². The van der Waals surface area contributed by atoms with Crippen molar-refractivity contribution in [1.29, 1.82) is 0 Å². The molecule has 0 fully saturated rings. The molecular formula is C13H9ClN2O2. The van der Waals surface area contributed by atoms with Gasteiger partial charge in [0.1, 0.15) is 0 Å². The maximum Gasteiger partial charge on any atom is 0.195 e. The van der Waals surface area contributed by atoms with E-state index in [2.05, 4.69) is 10.2 Å². The maximum absolute atomic E-state index is 12.2. The third-order valence-corrected chi connectivity index (χ3v) is 2.72. The van der Waals surface area contributed by atoms with Crippen molar-refractivity contribution in [3.8, 4) is 0 Å². The molecule has 90 valence electrons. The highest BCUT2D eigenvalue weighted by atomic mass is 35.5. The Morgan fingerprint density at radius 2 is 1.94 bits per heavy atom. The highest BCUT2D eigenvalue weighted by Crippen LogP contribution is 2.23. The standard InChI is InChI=1S/C13H9ClN2O2/c14-11-3-1-2-10(8-11)13(17)12(16-18)9-4-6-15-7-5-9/h1-8,12H. The van der Waals surface area contributed by atoms with E-state index in [0.29, 0.717) is 16.1 Å². The van der Waals surface area contributed by atoms with Gasteiger partial charge in [-0.3, -0.25) is 9.78 Å². The minimum absolute atomic E-state index is 0.365. The predicted molar refractivity (Wildman–Crippen MR) is 68.6 cm³/mol. The van der Waals surface area contributed by atoms with Crippen molar-refractivity contribution in [2.45, 2.75) is 6.04 Å². The summed E-state index contributed by atoms with van der Waals surface area (Å²) in [5.41, 5.74) is 0.883. The minimum atomic E-state index is -1.06. The number of benzene rings is 1. The number of hydrogen-bond donors (Lipinski definition) is 0. The lowest BCUT2D eigenvalue weighted by Crippen LogP contribution is -2.10. The molecule has 1 atom stereocenters. The van der Waals surface area contributed by atoms with E-state index in [4.69, 9.17) is 11.6 Å². The number of nitrogens with zero attached hydrogens (tertiary/aromatic N) is 2. The molecule has 0 saturated heterocycles. The molecule has 0 aliphatic heterocycles. The first-order valence-corrected chi connectivity index (χ1v) is 5.62. The van der Waals surface area contributed by atoms with E-state index in [-0.39, 0.29) is 5.78 Å². The second-order valence-corrected chi connectivity index (χ2v) is 4.10. The zero-order valence-corrected chi connectivity index (χ0v) is 10.0. The number of aromatic nitrogens is 1. The van der Waals surface area contributed by atoms with Crippen LogP contribution in [0.1, 0.15) is 22.0 Å². The number of carbonyl (C=O) groups is 1. The number of rotatable bonds is 4. The van der Waals surface area contributed by atoms with Crippen LogP contribution in [0.3, 0.4) is 0 Å². The van der Waals surface area contributed by atoms with Gasteiger partial charge in [0, 0.05) is 23.0 Å². The fraction of sp³-hybridized carbons (Fsp3) is 0.0769. The molecule has 18 heavy (non-hydrogen) atoms. The lowest BCUT2D eigenvalue weighted by Gasteiger charge is -2.08. The van der Waals surface area contributed by atoms with Crippen LogP contribution in [0.25, 0.3) is 0 Å². The van der Waals surface area contributed by atoms with Crippen LogP contribution in [0.2, 0.25) is 5.02 Å². The van der Waals surface area contributed by atoms with E-state index in [1.54, 1.807) is 30.3 Å². The topological polar surface area (TPSA) is 59.4 Å². The van der Waals surface area contributed by atoms with Gasteiger partial charge in [-0.1, -0.05) is 28.9 Å². The number of carbonyl (C=O) groups excluding carboxylic acids is 1. The van der Waals surface area contributed by atoms with E-state index >= 15 is 0 Å². The molecule has 5 heteroatoms. The van der Waals surface area contributed by atoms with Gasteiger partial charge in [-0.05, 0) is 29.8 Å². The summed E-state index contributed by atoms with van der Waals surface area (Å²) < 4.78 is 0. The van der Waals surface area contributed by atoms with Crippen LogP contribution >= 0.6 is 11.6 Å². The summed E-state index contributed by atoms with van der Waals surface area (Å²) >= 11 is 5.81. The number of Topliss-reactive ketones (excluding diaryl/α,β-unsaturated/α-hetero) is 1. The van der Waals surface area contributed by atoms with Crippen LogP contribution in [0.5, 0.6) is 0 Å². The number of hydrogen-bond acceptors (Lipinski definition) is 4. The SMILES string of the molecule is O=NC(C(=O)c1cccc(Cl)c1)c1ccncc1. The van der Waals surface area contributed by atoms with E-state index in [9.17, 15) is 9.70 Å². The molecule has 4 nitrogen and oxygen atoms in total. The van der Waals surface area contributed by atoms with Crippen molar-refractivity contribution in [1.82, 2.24) is 4.98 Å². The molecule has 0 saturated carbocycles. The summed E-state index contributed by atoms with van der Waals surface area (Å²) in [6.45, 7) is 0. The van der Waals surface area contributed by atoms with Gasteiger partial charge in [0.05, 0.1) is 0 Å². The molecule has 0 radical (unpaired) electrons. The van der Waals surface area contributed by atoms with E-state index in [1.807, 2.05) is 0 Å². The molecule has 0 bridgehead atoms. The summed E-state index contributed by atoms with van der Waals surface area (Å²) in [6, 6.07) is 8.56. The van der Waals surface area contributed by atoms with Crippen LogP contribution in [0.15, 0.2) is 54.0 Å². The number of ketones is 1. The van der Waals surface area contributed by atoms with Crippen molar-refractivity contribution >= 4 is 17.4 Å². The normalized spacial score (nSPS) is 11.8. The molecule has 0 N–H and O–H groups in total. The minimum Gasteiger partial charge on any atom is -0.291 e. The van der Waals surface area contributed by atoms with Crippen molar-refractivity contribution < 1.29 is 4.79 Å². The van der Waals surface area contributed by atoms with Gasteiger partial charge in [-0.15, -0.1) is 4.91 Å². The molecule has 0 amide bonds. The van der Waals surface area contributed by atoms with E-state index in [0.717, 1.165) is 0 Å². The molecule has 0 spiro atoms. The first kappa shape index (κ1) is 12.4. The Kier molecular flexibility index (Phi) is 3.79. The molecule has 0 aliphatic rings. The Balaban J connectivity index is 2.35. The Labute approximate surface area is 109 Å². The highest BCUT2D eigenvalue weighted by molar-refractivity contribution is 6.31. The molecule has 1 aromatic heterocycles. The van der Waals surface area contributed by atoms with Crippen molar-refractivity contribution in [2.24, 2.45) is 5.18 Å². The summed E-state index contributed by atoms with van der Waals surface area (Å²) in [6.07, 6.45) is 3.03. The second-order valence-electron chi connectivity index (χ2n) is 3.66. The highest BCUT2D eigenvalue weighted by Gasteiger charge is 2.22. The van der Waals surface area contributed by atoms with Crippen LogP contribution < -0.4 is 0 Å². The Morgan fingerprint density at radius 1 is 1.22 bits per heavy atom. The second kappa shape index (κ2) is 5.51. The van der Waals surface area contributed by atoms with Crippen LogP contribution in [0, 0.1) is 4.91 Å². The zero-order valence-electron chi connectivity index (χ0n) is 9.29. The monoisotopic (exact) mass is 260 g/mol. The zero-order chi connectivity index (χ0) is 13.0. The summed E-state index contributed by atoms with van der Waals surface area (Å²) in [4.78, 5) is 26.9. The maximum atomic E-state index is 12.2. The van der Waals surface area contributed by atoms with Gasteiger partial charge in [-0.25, -0.2) is 0 Å². The molecule has 1 unspecified atom stereocenters. The van der Waals surface area contributed by atoms with Gasteiger partial charge in [-0.2, -0.15) is 0 Å². The lowest BCUT2D eigenvalue weighted by molar-refractivity contribution is 0.0962. The average Bonchev–Trinajstić information content (AvgIpc) is 2.41. The Bertz CT molecular complexity index is 572. The molecule has 1 heterocycles. The lowest BCUT2D eigenvalue weighted by atomic mass is 9.99. The largest absolute Gasteiger partial charge is 0.291 e. The third-order valence-electron chi connectivity index (χ3n) is 2.48. The van der Waals surface area contributed by atoms with Gasteiger partial charge < -0.3 is 0 Å². The van der Waals surface area contributed by atoms with Gasteiger partial charge in [0.2, 0.25) is 0 Å². The fourth-order valence-corrected chi connectivity index (χ4v) is 1.80. The van der Waals surface area contributed by atoms with Crippen LogP contribution in [-0.4, -0.2) is 10.8 Å². The van der Waals surface area contributed by atoms with Crippen molar-refractivity contribution in [3.05, 3.63) is 69.8 Å². The first-order chi connectivity index (χ1) is 8.72. The smallest absolute Gasteiger partial charge is 0.195 e. The molecule has 0 aliphatic carbocycles. The predicted octanol–water partition coefficient (Wildman–Crippen LogP) is 3.43.